The van der Waals surface area contributed by atoms with Crippen molar-refractivity contribution in [1.29, 1.82) is 0 Å². The van der Waals surface area contributed by atoms with E-state index in [1.54, 1.807) is 0 Å². The van der Waals surface area contributed by atoms with Crippen LogP contribution in [0.3, 0.4) is 0 Å². The molecule has 0 saturated heterocycles. The van der Waals surface area contributed by atoms with Crippen LogP contribution in [-0.2, 0) is 4.74 Å². The number of thiazole rings is 1. The molecule has 0 aromatic carbocycles. The van der Waals surface area contributed by atoms with E-state index in [0.717, 1.165) is 37.2 Å². The minimum absolute atomic E-state index is 0.562. The molecule has 3 nitrogen and oxygen atoms in total. The largest absolute Gasteiger partial charge is 0.381 e. The van der Waals surface area contributed by atoms with Crippen LogP contribution in [0.15, 0.2) is 5.38 Å². The lowest BCUT2D eigenvalue weighted by atomic mass is 10.4. The van der Waals surface area contributed by atoms with Crippen LogP contribution < -0.4 is 5.32 Å². The summed E-state index contributed by atoms with van der Waals surface area (Å²) in [5.74, 6) is 0.857. The Bertz CT molecular complexity index is 301. The topological polar surface area (TPSA) is 34.1 Å². The Kier molecular flexibility index (Phi) is 4.23. The van der Waals surface area contributed by atoms with Gasteiger partial charge in [-0.3, -0.25) is 0 Å². The number of halogens is 1. The zero-order valence-electron chi connectivity index (χ0n) is 8.54. The Balaban J connectivity index is 1.47. The fourth-order valence-corrected chi connectivity index (χ4v) is 2.11. The summed E-state index contributed by atoms with van der Waals surface area (Å²) in [5, 5.41) is 6.49. The molecule has 0 radical (unpaired) electrons. The monoisotopic (exact) mass is 246 g/mol. The standard InChI is InChI=1S/C10H15ClN2OS/c11-9-7-15-10(13-9)12-4-1-5-14-6-8-2-3-8/h7-8H,1-6H2,(H,12,13). The van der Waals surface area contributed by atoms with Crippen molar-refractivity contribution in [3.8, 4) is 0 Å². The van der Waals surface area contributed by atoms with Gasteiger partial charge >= 0.3 is 0 Å². The highest BCUT2D eigenvalue weighted by molar-refractivity contribution is 7.14. The van der Waals surface area contributed by atoms with Crippen molar-refractivity contribution in [3.05, 3.63) is 10.5 Å². The van der Waals surface area contributed by atoms with Crippen LogP contribution in [0.2, 0.25) is 5.15 Å². The van der Waals surface area contributed by atoms with Gasteiger partial charge in [-0.2, -0.15) is 0 Å². The molecule has 1 aliphatic carbocycles. The molecule has 0 bridgehead atoms. The molecule has 0 unspecified atom stereocenters. The van der Waals surface area contributed by atoms with Gasteiger partial charge in [0, 0.05) is 25.1 Å². The summed E-state index contributed by atoms with van der Waals surface area (Å²) in [7, 11) is 0. The van der Waals surface area contributed by atoms with Gasteiger partial charge in [0.05, 0.1) is 0 Å². The number of rotatable bonds is 7. The molecule has 0 amide bonds. The van der Waals surface area contributed by atoms with Gasteiger partial charge in [-0.25, -0.2) is 4.98 Å². The van der Waals surface area contributed by atoms with E-state index < -0.39 is 0 Å². The second-order valence-corrected chi connectivity index (χ2v) is 5.02. The summed E-state index contributed by atoms with van der Waals surface area (Å²) in [4.78, 5) is 4.10. The fourth-order valence-electron chi connectivity index (χ4n) is 1.24. The Hall–Kier alpha value is -0.320. The smallest absolute Gasteiger partial charge is 0.184 e. The lowest BCUT2D eigenvalue weighted by Crippen LogP contribution is -2.06. The van der Waals surface area contributed by atoms with Crippen LogP contribution in [0, 0.1) is 5.92 Å². The Morgan fingerprint density at radius 1 is 1.60 bits per heavy atom. The van der Waals surface area contributed by atoms with Gasteiger partial charge in [-0.05, 0) is 25.2 Å². The Morgan fingerprint density at radius 3 is 3.13 bits per heavy atom. The number of nitrogens with one attached hydrogen (secondary N) is 1. The second kappa shape index (κ2) is 5.68. The van der Waals surface area contributed by atoms with E-state index in [1.807, 2.05) is 5.38 Å². The number of nitrogens with zero attached hydrogens (tertiary/aromatic N) is 1. The van der Waals surface area contributed by atoms with Gasteiger partial charge in [0.2, 0.25) is 0 Å². The van der Waals surface area contributed by atoms with Gasteiger partial charge < -0.3 is 10.1 Å². The third-order valence-electron chi connectivity index (χ3n) is 2.27. The van der Waals surface area contributed by atoms with Crippen molar-refractivity contribution < 1.29 is 4.74 Å². The molecule has 1 fully saturated rings. The van der Waals surface area contributed by atoms with Gasteiger partial charge in [0.25, 0.3) is 0 Å². The lowest BCUT2D eigenvalue weighted by Gasteiger charge is -2.03. The number of hydrogen-bond acceptors (Lipinski definition) is 4. The number of aromatic nitrogens is 1. The summed E-state index contributed by atoms with van der Waals surface area (Å²) < 4.78 is 5.52. The van der Waals surface area contributed by atoms with Crippen LogP contribution in [0.5, 0.6) is 0 Å². The maximum Gasteiger partial charge on any atom is 0.184 e. The van der Waals surface area contributed by atoms with E-state index in [9.17, 15) is 0 Å². The van der Waals surface area contributed by atoms with Crippen molar-refractivity contribution in [2.45, 2.75) is 19.3 Å². The van der Waals surface area contributed by atoms with Gasteiger partial charge in [0.15, 0.2) is 5.13 Å². The molecule has 1 aromatic rings. The molecule has 1 aliphatic rings. The maximum absolute atomic E-state index is 5.70. The minimum Gasteiger partial charge on any atom is -0.381 e. The highest BCUT2D eigenvalue weighted by Gasteiger charge is 2.20. The van der Waals surface area contributed by atoms with Crippen LogP contribution in [-0.4, -0.2) is 24.7 Å². The van der Waals surface area contributed by atoms with Crippen molar-refractivity contribution in [1.82, 2.24) is 4.98 Å². The lowest BCUT2D eigenvalue weighted by molar-refractivity contribution is 0.124. The molecule has 2 rings (SSSR count). The van der Waals surface area contributed by atoms with Gasteiger partial charge in [-0.1, -0.05) is 11.6 Å². The number of ether oxygens (including phenoxy) is 1. The van der Waals surface area contributed by atoms with Gasteiger partial charge in [0.1, 0.15) is 5.15 Å². The SMILES string of the molecule is Clc1csc(NCCCOCC2CC2)n1. The van der Waals surface area contributed by atoms with E-state index >= 15 is 0 Å². The highest BCUT2D eigenvalue weighted by Crippen LogP contribution is 2.28. The molecule has 0 atom stereocenters. The molecule has 5 heteroatoms. The van der Waals surface area contributed by atoms with Crippen molar-refractivity contribution in [3.63, 3.8) is 0 Å². The molecule has 1 aromatic heterocycles. The maximum atomic E-state index is 5.70. The normalized spacial score (nSPS) is 15.5. The average molecular weight is 247 g/mol. The highest BCUT2D eigenvalue weighted by atomic mass is 35.5. The third kappa shape index (κ3) is 4.36. The molecule has 0 aliphatic heterocycles. The quantitative estimate of drug-likeness (QED) is 0.751. The average Bonchev–Trinajstić information content (AvgIpc) is 2.95. The van der Waals surface area contributed by atoms with Gasteiger partial charge in [-0.15, -0.1) is 11.3 Å². The fraction of sp³-hybridized carbons (Fsp3) is 0.700. The first kappa shape index (κ1) is 11.2. The van der Waals surface area contributed by atoms with E-state index in [0.29, 0.717) is 5.15 Å². The van der Waals surface area contributed by atoms with Crippen molar-refractivity contribution >= 4 is 28.1 Å². The third-order valence-corrected chi connectivity index (χ3v) is 3.39. The van der Waals surface area contributed by atoms with Crippen LogP contribution in [0.25, 0.3) is 0 Å². The van der Waals surface area contributed by atoms with Crippen LogP contribution in [0.4, 0.5) is 5.13 Å². The Morgan fingerprint density at radius 2 is 2.47 bits per heavy atom. The first-order valence-corrected chi connectivity index (χ1v) is 6.53. The molecular formula is C10H15ClN2OS. The first-order chi connectivity index (χ1) is 7.34. The molecule has 0 spiro atoms. The number of hydrogen-bond donors (Lipinski definition) is 1. The van der Waals surface area contributed by atoms with Crippen molar-refractivity contribution in [2.24, 2.45) is 5.92 Å². The summed E-state index contributed by atoms with van der Waals surface area (Å²) in [6, 6.07) is 0. The summed E-state index contributed by atoms with van der Waals surface area (Å²) in [6.45, 7) is 2.68. The van der Waals surface area contributed by atoms with E-state index in [1.165, 1.54) is 24.2 Å². The first-order valence-electron chi connectivity index (χ1n) is 5.27. The molecule has 15 heavy (non-hydrogen) atoms. The number of anilines is 1. The predicted molar refractivity (Wildman–Crippen MR) is 63.8 cm³/mol. The summed E-state index contributed by atoms with van der Waals surface area (Å²) in [6.07, 6.45) is 3.73. The second-order valence-electron chi connectivity index (χ2n) is 3.77. The van der Waals surface area contributed by atoms with E-state index in [2.05, 4.69) is 10.3 Å². The van der Waals surface area contributed by atoms with Crippen LogP contribution >= 0.6 is 22.9 Å². The zero-order valence-corrected chi connectivity index (χ0v) is 10.1. The molecule has 84 valence electrons. The summed E-state index contributed by atoms with van der Waals surface area (Å²) >= 11 is 7.23. The Labute approximate surface area is 98.8 Å². The van der Waals surface area contributed by atoms with E-state index in [-0.39, 0.29) is 0 Å². The molecule has 1 N–H and O–H groups in total. The minimum atomic E-state index is 0.562. The van der Waals surface area contributed by atoms with Crippen LogP contribution in [0.1, 0.15) is 19.3 Å². The summed E-state index contributed by atoms with van der Waals surface area (Å²) in [5.41, 5.74) is 0. The van der Waals surface area contributed by atoms with Crippen molar-refractivity contribution in [2.75, 3.05) is 25.1 Å². The molecular weight excluding hydrogens is 232 g/mol. The molecule has 1 heterocycles. The molecule has 1 saturated carbocycles. The van der Waals surface area contributed by atoms with E-state index in [4.69, 9.17) is 16.3 Å². The predicted octanol–water partition coefficient (Wildman–Crippen LogP) is 3.03. The zero-order chi connectivity index (χ0) is 10.5.